The molecular formula is C15H21N3OS2. The molecule has 0 aliphatic carbocycles. The minimum atomic E-state index is 0.136. The molecule has 0 aliphatic rings. The van der Waals surface area contributed by atoms with Gasteiger partial charge >= 0.3 is 0 Å². The lowest BCUT2D eigenvalue weighted by Crippen LogP contribution is -2.26. The molecule has 2 aromatic heterocycles. The van der Waals surface area contributed by atoms with Crippen LogP contribution in [0.3, 0.4) is 0 Å². The Hall–Kier alpha value is -1.24. The Bertz CT molecular complexity index is 577. The molecule has 114 valence electrons. The van der Waals surface area contributed by atoms with Gasteiger partial charge in [0.25, 0.3) is 0 Å². The summed E-state index contributed by atoms with van der Waals surface area (Å²) < 4.78 is 0. The van der Waals surface area contributed by atoms with Crippen LogP contribution in [0.4, 0.5) is 0 Å². The molecule has 0 spiro atoms. The van der Waals surface area contributed by atoms with Crippen LogP contribution in [0, 0.1) is 6.92 Å². The summed E-state index contributed by atoms with van der Waals surface area (Å²) in [6.45, 7) is 3.61. The van der Waals surface area contributed by atoms with Gasteiger partial charge in [0.1, 0.15) is 0 Å². The van der Waals surface area contributed by atoms with Crippen molar-refractivity contribution in [2.75, 3.05) is 20.1 Å². The molecule has 0 bridgehead atoms. The number of thiazole rings is 1. The molecule has 0 fully saturated rings. The summed E-state index contributed by atoms with van der Waals surface area (Å²) >= 11 is 3.43. The number of hydrogen-bond donors (Lipinski definition) is 2. The predicted molar refractivity (Wildman–Crippen MR) is 90.0 cm³/mol. The summed E-state index contributed by atoms with van der Waals surface area (Å²) in [5.74, 6) is 0.136. The van der Waals surface area contributed by atoms with Gasteiger partial charge in [-0.3, -0.25) is 4.79 Å². The molecule has 0 atom stereocenters. The Balaban J connectivity index is 1.74. The highest BCUT2D eigenvalue weighted by Gasteiger charge is 2.06. The second kappa shape index (κ2) is 8.26. The fraction of sp³-hybridized carbons (Fsp3) is 0.467. The van der Waals surface area contributed by atoms with E-state index in [1.807, 2.05) is 14.0 Å². The van der Waals surface area contributed by atoms with Crippen LogP contribution in [0.5, 0.6) is 0 Å². The van der Waals surface area contributed by atoms with E-state index in [0.717, 1.165) is 30.1 Å². The van der Waals surface area contributed by atoms with Gasteiger partial charge in [-0.2, -0.15) is 0 Å². The van der Waals surface area contributed by atoms with Crippen LogP contribution in [-0.4, -0.2) is 31.0 Å². The molecular weight excluding hydrogens is 302 g/mol. The zero-order chi connectivity index (χ0) is 15.1. The predicted octanol–water partition coefficient (Wildman–Crippen LogP) is 2.84. The summed E-state index contributed by atoms with van der Waals surface area (Å²) in [4.78, 5) is 18.6. The summed E-state index contributed by atoms with van der Waals surface area (Å²) in [6.07, 6.45) is 2.36. The van der Waals surface area contributed by atoms with Crippen molar-refractivity contribution in [3.8, 4) is 10.6 Å². The smallest absolute Gasteiger partial charge is 0.220 e. The van der Waals surface area contributed by atoms with Crippen molar-refractivity contribution >= 4 is 28.6 Å². The molecule has 0 radical (unpaired) electrons. The van der Waals surface area contributed by atoms with E-state index >= 15 is 0 Å². The number of nitrogens with zero attached hydrogens (tertiary/aromatic N) is 1. The van der Waals surface area contributed by atoms with Gasteiger partial charge in [-0.05, 0) is 45.5 Å². The highest BCUT2D eigenvalue weighted by molar-refractivity contribution is 7.16. The molecule has 4 nitrogen and oxygen atoms in total. The molecule has 2 aromatic rings. The first-order valence-electron chi connectivity index (χ1n) is 7.11. The number of thiophene rings is 1. The SMILES string of the molecule is CNCCCC(=O)NCCc1ccc(-c2csc(C)n2)s1. The Labute approximate surface area is 133 Å². The lowest BCUT2D eigenvalue weighted by atomic mass is 10.3. The van der Waals surface area contributed by atoms with E-state index < -0.39 is 0 Å². The number of hydrogen-bond acceptors (Lipinski definition) is 5. The molecule has 0 unspecified atom stereocenters. The van der Waals surface area contributed by atoms with Crippen LogP contribution in [0.1, 0.15) is 22.7 Å². The summed E-state index contributed by atoms with van der Waals surface area (Å²) in [7, 11) is 1.90. The van der Waals surface area contributed by atoms with Gasteiger partial charge in [-0.1, -0.05) is 0 Å². The van der Waals surface area contributed by atoms with Crippen molar-refractivity contribution in [2.24, 2.45) is 0 Å². The van der Waals surface area contributed by atoms with Crippen molar-refractivity contribution in [1.82, 2.24) is 15.6 Å². The maximum Gasteiger partial charge on any atom is 0.220 e. The first-order chi connectivity index (χ1) is 10.2. The third-order valence-electron chi connectivity index (χ3n) is 3.06. The average molecular weight is 323 g/mol. The van der Waals surface area contributed by atoms with Crippen molar-refractivity contribution in [2.45, 2.75) is 26.2 Å². The highest BCUT2D eigenvalue weighted by Crippen LogP contribution is 2.29. The topological polar surface area (TPSA) is 54.0 Å². The normalized spacial score (nSPS) is 10.8. The number of rotatable bonds is 8. The Kier molecular flexibility index (Phi) is 6.35. The third-order valence-corrected chi connectivity index (χ3v) is 5.00. The first-order valence-corrected chi connectivity index (χ1v) is 8.81. The number of aryl methyl sites for hydroxylation is 1. The second-order valence-corrected chi connectivity index (χ2v) is 7.06. The average Bonchev–Trinajstić information content (AvgIpc) is 3.08. The summed E-state index contributed by atoms with van der Waals surface area (Å²) in [6, 6.07) is 4.24. The lowest BCUT2D eigenvalue weighted by molar-refractivity contribution is -0.121. The number of nitrogens with one attached hydrogen (secondary N) is 2. The number of carbonyl (C=O) groups is 1. The van der Waals surface area contributed by atoms with Gasteiger partial charge in [-0.15, -0.1) is 22.7 Å². The van der Waals surface area contributed by atoms with Gasteiger partial charge in [0.05, 0.1) is 15.6 Å². The fourth-order valence-electron chi connectivity index (χ4n) is 1.97. The van der Waals surface area contributed by atoms with Crippen LogP contribution in [0.25, 0.3) is 10.6 Å². The maximum absolute atomic E-state index is 11.6. The minimum absolute atomic E-state index is 0.136. The number of aromatic nitrogens is 1. The van der Waals surface area contributed by atoms with Crippen molar-refractivity contribution in [1.29, 1.82) is 0 Å². The number of amides is 1. The third kappa shape index (κ3) is 5.22. The largest absolute Gasteiger partial charge is 0.356 e. The maximum atomic E-state index is 11.6. The Morgan fingerprint density at radius 3 is 2.90 bits per heavy atom. The van der Waals surface area contributed by atoms with Crippen molar-refractivity contribution in [3.63, 3.8) is 0 Å². The Morgan fingerprint density at radius 1 is 1.33 bits per heavy atom. The molecule has 21 heavy (non-hydrogen) atoms. The van der Waals surface area contributed by atoms with E-state index in [1.165, 1.54) is 9.75 Å². The van der Waals surface area contributed by atoms with E-state index in [1.54, 1.807) is 22.7 Å². The van der Waals surface area contributed by atoms with E-state index in [4.69, 9.17) is 0 Å². The van der Waals surface area contributed by atoms with Crippen LogP contribution < -0.4 is 10.6 Å². The van der Waals surface area contributed by atoms with Crippen LogP contribution in [-0.2, 0) is 11.2 Å². The lowest BCUT2D eigenvalue weighted by Gasteiger charge is -2.03. The van der Waals surface area contributed by atoms with Crippen molar-refractivity contribution in [3.05, 3.63) is 27.4 Å². The number of carbonyl (C=O) groups excluding carboxylic acids is 1. The van der Waals surface area contributed by atoms with Crippen LogP contribution in [0.15, 0.2) is 17.5 Å². The van der Waals surface area contributed by atoms with E-state index in [9.17, 15) is 4.79 Å². The van der Waals surface area contributed by atoms with E-state index in [0.29, 0.717) is 13.0 Å². The highest BCUT2D eigenvalue weighted by atomic mass is 32.1. The molecule has 0 aromatic carbocycles. The zero-order valence-electron chi connectivity index (χ0n) is 12.4. The summed E-state index contributed by atoms with van der Waals surface area (Å²) in [5, 5.41) is 9.19. The first kappa shape index (κ1) is 16.1. The molecule has 2 N–H and O–H groups in total. The molecule has 0 saturated carbocycles. The summed E-state index contributed by atoms with van der Waals surface area (Å²) in [5.41, 5.74) is 1.06. The quantitative estimate of drug-likeness (QED) is 0.735. The van der Waals surface area contributed by atoms with E-state index in [-0.39, 0.29) is 5.91 Å². The molecule has 0 aliphatic heterocycles. The zero-order valence-corrected chi connectivity index (χ0v) is 14.1. The van der Waals surface area contributed by atoms with Crippen LogP contribution >= 0.6 is 22.7 Å². The van der Waals surface area contributed by atoms with Crippen LogP contribution in [0.2, 0.25) is 0 Å². The molecule has 2 rings (SSSR count). The second-order valence-electron chi connectivity index (χ2n) is 4.82. The fourth-order valence-corrected chi connectivity index (χ4v) is 3.62. The standard InChI is InChI=1S/C15H21N3OS2/c1-11-18-13(10-20-11)14-6-5-12(21-14)7-9-17-15(19)4-3-8-16-2/h5-6,10,16H,3-4,7-9H2,1-2H3,(H,17,19). The van der Waals surface area contributed by atoms with Gasteiger partial charge in [0.2, 0.25) is 5.91 Å². The molecule has 2 heterocycles. The van der Waals surface area contributed by atoms with E-state index in [2.05, 4.69) is 33.1 Å². The minimum Gasteiger partial charge on any atom is -0.356 e. The van der Waals surface area contributed by atoms with Gasteiger partial charge in [0.15, 0.2) is 0 Å². The van der Waals surface area contributed by atoms with Gasteiger partial charge < -0.3 is 10.6 Å². The molecule has 1 amide bonds. The van der Waals surface area contributed by atoms with Gasteiger partial charge in [0, 0.05) is 23.2 Å². The molecule has 0 saturated heterocycles. The molecule has 6 heteroatoms. The monoisotopic (exact) mass is 323 g/mol. The van der Waals surface area contributed by atoms with Gasteiger partial charge in [-0.25, -0.2) is 4.98 Å². The van der Waals surface area contributed by atoms with Crippen molar-refractivity contribution < 1.29 is 4.79 Å². The Morgan fingerprint density at radius 2 is 2.19 bits per heavy atom.